The molecular formula is C16H34NO3+. The zero-order chi connectivity index (χ0) is 15.4. The molecule has 0 saturated carbocycles. The quantitative estimate of drug-likeness (QED) is 0.404. The number of aliphatic carboxylic acids is 1. The van der Waals surface area contributed by atoms with E-state index in [2.05, 4.69) is 6.92 Å². The van der Waals surface area contributed by atoms with Crippen LogP contribution in [0.2, 0.25) is 0 Å². The van der Waals surface area contributed by atoms with Crippen LogP contribution in [-0.2, 0) is 4.79 Å². The van der Waals surface area contributed by atoms with Crippen LogP contribution in [0, 0.1) is 0 Å². The standard InChI is InChI=1S/C16H33NO3/c1-4-5-6-7-8-9-10-11-12-15(16(19)20)17(2,3)13-14-18/h15,18H,4-14H2,1-3H3/p+1. The van der Waals surface area contributed by atoms with Crippen molar-refractivity contribution in [3.63, 3.8) is 0 Å². The lowest BCUT2D eigenvalue weighted by Gasteiger charge is -2.35. The van der Waals surface area contributed by atoms with Gasteiger partial charge in [-0.3, -0.25) is 0 Å². The Morgan fingerprint density at radius 1 is 1.00 bits per heavy atom. The lowest BCUT2D eigenvalue weighted by atomic mass is 10.0. The number of carboxylic acids is 1. The fourth-order valence-electron chi connectivity index (χ4n) is 2.66. The molecule has 4 nitrogen and oxygen atoms in total. The van der Waals surface area contributed by atoms with Crippen LogP contribution in [0.15, 0.2) is 0 Å². The lowest BCUT2D eigenvalue weighted by molar-refractivity contribution is -0.907. The SMILES string of the molecule is CCCCCCCCCCC(C(=O)O)[N+](C)(C)CCO. The lowest BCUT2D eigenvalue weighted by Crippen LogP contribution is -2.54. The van der Waals surface area contributed by atoms with Gasteiger partial charge in [0.1, 0.15) is 6.54 Å². The first-order valence-corrected chi connectivity index (χ1v) is 8.12. The van der Waals surface area contributed by atoms with Gasteiger partial charge in [0.05, 0.1) is 20.7 Å². The number of aliphatic hydroxyl groups is 1. The van der Waals surface area contributed by atoms with Crippen LogP contribution in [0.5, 0.6) is 0 Å². The topological polar surface area (TPSA) is 57.5 Å². The second-order valence-electron chi connectivity index (χ2n) is 6.34. The van der Waals surface area contributed by atoms with Crippen molar-refractivity contribution in [3.8, 4) is 0 Å². The van der Waals surface area contributed by atoms with Crippen molar-refractivity contribution in [2.75, 3.05) is 27.2 Å². The molecule has 0 aliphatic heterocycles. The Hall–Kier alpha value is -0.610. The Balaban J connectivity index is 3.85. The molecule has 0 aliphatic rings. The smallest absolute Gasteiger partial charge is 0.362 e. The van der Waals surface area contributed by atoms with E-state index in [-0.39, 0.29) is 6.61 Å². The Bertz CT molecular complexity index is 254. The minimum absolute atomic E-state index is 0.0359. The molecule has 0 rings (SSSR count). The second-order valence-corrected chi connectivity index (χ2v) is 6.34. The van der Waals surface area contributed by atoms with Crippen molar-refractivity contribution in [2.45, 2.75) is 70.8 Å². The number of hydrogen-bond donors (Lipinski definition) is 2. The Morgan fingerprint density at radius 2 is 1.50 bits per heavy atom. The highest BCUT2D eigenvalue weighted by molar-refractivity contribution is 5.72. The van der Waals surface area contributed by atoms with Crippen molar-refractivity contribution in [2.24, 2.45) is 0 Å². The number of likely N-dealkylation sites (N-methyl/N-ethyl adjacent to an activating group) is 1. The second kappa shape index (κ2) is 11.1. The van der Waals surface area contributed by atoms with Gasteiger partial charge in [0, 0.05) is 6.42 Å². The molecule has 0 aromatic carbocycles. The molecule has 0 amide bonds. The predicted octanol–water partition coefficient (Wildman–Crippen LogP) is 3.04. The van der Waals surface area contributed by atoms with Gasteiger partial charge in [-0.1, -0.05) is 51.9 Å². The van der Waals surface area contributed by atoms with E-state index in [0.29, 0.717) is 17.4 Å². The third-order valence-electron chi connectivity index (χ3n) is 4.14. The molecule has 1 unspecified atom stereocenters. The number of hydrogen-bond acceptors (Lipinski definition) is 2. The summed E-state index contributed by atoms with van der Waals surface area (Å²) in [6.07, 6.45) is 10.5. The van der Waals surface area contributed by atoms with E-state index in [1.807, 2.05) is 14.1 Å². The third-order valence-corrected chi connectivity index (χ3v) is 4.14. The van der Waals surface area contributed by atoms with Gasteiger partial charge in [0.25, 0.3) is 0 Å². The number of nitrogens with zero attached hydrogens (tertiary/aromatic N) is 1. The van der Waals surface area contributed by atoms with E-state index in [0.717, 1.165) is 12.8 Å². The first-order chi connectivity index (χ1) is 9.45. The minimum atomic E-state index is -0.744. The zero-order valence-corrected chi connectivity index (χ0v) is 13.6. The molecule has 4 heteroatoms. The van der Waals surface area contributed by atoms with Crippen LogP contribution < -0.4 is 0 Å². The van der Waals surface area contributed by atoms with E-state index >= 15 is 0 Å². The van der Waals surface area contributed by atoms with Gasteiger partial charge in [0.15, 0.2) is 6.04 Å². The maximum Gasteiger partial charge on any atom is 0.362 e. The van der Waals surface area contributed by atoms with E-state index < -0.39 is 12.0 Å². The Morgan fingerprint density at radius 3 is 1.95 bits per heavy atom. The van der Waals surface area contributed by atoms with E-state index in [9.17, 15) is 9.90 Å². The predicted molar refractivity (Wildman–Crippen MR) is 82.7 cm³/mol. The van der Waals surface area contributed by atoms with Crippen molar-refractivity contribution in [3.05, 3.63) is 0 Å². The van der Waals surface area contributed by atoms with Crippen molar-refractivity contribution >= 4 is 5.97 Å². The normalized spacial score (nSPS) is 13.4. The summed E-state index contributed by atoms with van der Waals surface area (Å²) in [5.74, 6) is -0.744. The molecule has 0 bridgehead atoms. The van der Waals surface area contributed by atoms with E-state index in [4.69, 9.17) is 5.11 Å². The Labute approximate surface area is 124 Å². The van der Waals surface area contributed by atoms with E-state index in [1.54, 1.807) is 0 Å². The average molecular weight is 288 g/mol. The van der Waals surface area contributed by atoms with Crippen LogP contribution in [0.3, 0.4) is 0 Å². The van der Waals surface area contributed by atoms with Gasteiger partial charge in [-0.15, -0.1) is 0 Å². The average Bonchev–Trinajstić information content (AvgIpc) is 2.36. The molecule has 0 fully saturated rings. The van der Waals surface area contributed by atoms with Crippen LogP contribution in [0.4, 0.5) is 0 Å². The third kappa shape index (κ3) is 8.54. The number of quaternary nitrogens is 1. The maximum atomic E-state index is 11.4. The molecular weight excluding hydrogens is 254 g/mol. The highest BCUT2D eigenvalue weighted by atomic mass is 16.4. The fourth-order valence-corrected chi connectivity index (χ4v) is 2.66. The van der Waals surface area contributed by atoms with Crippen molar-refractivity contribution < 1.29 is 19.5 Å². The fraction of sp³-hybridized carbons (Fsp3) is 0.938. The van der Waals surface area contributed by atoms with E-state index in [1.165, 1.54) is 38.5 Å². The number of aliphatic hydroxyl groups excluding tert-OH is 1. The first-order valence-electron chi connectivity index (χ1n) is 8.12. The van der Waals surface area contributed by atoms with Crippen LogP contribution in [0.1, 0.15) is 64.7 Å². The van der Waals surface area contributed by atoms with Gasteiger partial charge in [-0.25, -0.2) is 4.79 Å². The van der Waals surface area contributed by atoms with Crippen LogP contribution in [-0.4, -0.2) is 54.0 Å². The van der Waals surface area contributed by atoms with Crippen molar-refractivity contribution in [1.82, 2.24) is 0 Å². The zero-order valence-electron chi connectivity index (χ0n) is 13.6. The highest BCUT2D eigenvalue weighted by Gasteiger charge is 2.33. The van der Waals surface area contributed by atoms with Gasteiger partial charge in [0.2, 0.25) is 0 Å². The molecule has 0 saturated heterocycles. The van der Waals surface area contributed by atoms with Gasteiger partial charge < -0.3 is 14.7 Å². The van der Waals surface area contributed by atoms with Gasteiger partial charge in [-0.05, 0) is 6.42 Å². The summed E-state index contributed by atoms with van der Waals surface area (Å²) < 4.78 is 0.363. The molecule has 120 valence electrons. The largest absolute Gasteiger partial charge is 0.477 e. The summed E-state index contributed by atoms with van der Waals surface area (Å²) in [5, 5.41) is 18.4. The molecule has 0 aromatic heterocycles. The summed E-state index contributed by atoms with van der Waals surface area (Å²) in [6.45, 7) is 2.75. The van der Waals surface area contributed by atoms with Gasteiger partial charge >= 0.3 is 5.97 Å². The van der Waals surface area contributed by atoms with Crippen molar-refractivity contribution in [1.29, 1.82) is 0 Å². The summed E-state index contributed by atoms with van der Waals surface area (Å²) in [5.41, 5.74) is 0. The molecule has 1 atom stereocenters. The summed E-state index contributed by atoms with van der Waals surface area (Å²) in [7, 11) is 3.78. The molecule has 0 spiro atoms. The monoisotopic (exact) mass is 288 g/mol. The minimum Gasteiger partial charge on any atom is -0.477 e. The number of rotatable bonds is 13. The summed E-state index contributed by atoms with van der Waals surface area (Å²) in [6, 6.07) is -0.401. The number of carboxylic acid groups (broad SMARTS) is 1. The molecule has 20 heavy (non-hydrogen) atoms. The summed E-state index contributed by atoms with van der Waals surface area (Å²) in [4.78, 5) is 11.4. The molecule has 0 aromatic rings. The summed E-state index contributed by atoms with van der Waals surface area (Å²) >= 11 is 0. The van der Waals surface area contributed by atoms with Gasteiger partial charge in [-0.2, -0.15) is 0 Å². The first kappa shape index (κ1) is 19.4. The molecule has 0 aliphatic carbocycles. The van der Waals surface area contributed by atoms with Crippen LogP contribution in [0.25, 0.3) is 0 Å². The number of carbonyl (C=O) groups is 1. The maximum absolute atomic E-state index is 11.4. The Kier molecular flexibility index (Phi) is 10.8. The molecule has 0 radical (unpaired) electrons. The molecule has 0 heterocycles. The number of unbranched alkanes of at least 4 members (excludes halogenated alkanes) is 7. The van der Waals surface area contributed by atoms with Crippen LogP contribution >= 0.6 is 0 Å². The molecule has 2 N–H and O–H groups in total. The highest BCUT2D eigenvalue weighted by Crippen LogP contribution is 2.16.